The monoisotopic (exact) mass is 359 g/mol. The molecule has 1 heterocycles. The Kier molecular flexibility index (Phi) is 4.46. The first-order valence-corrected chi connectivity index (χ1v) is 8.13. The lowest BCUT2D eigenvalue weighted by molar-refractivity contribution is 0.319. The van der Waals surface area contributed by atoms with Gasteiger partial charge in [0, 0.05) is 19.7 Å². The molecule has 0 bridgehead atoms. The van der Waals surface area contributed by atoms with Crippen molar-refractivity contribution in [1.29, 1.82) is 0 Å². The summed E-state index contributed by atoms with van der Waals surface area (Å²) < 4.78 is 30.3. The van der Waals surface area contributed by atoms with Crippen molar-refractivity contribution in [3.63, 3.8) is 0 Å². The van der Waals surface area contributed by atoms with Crippen LogP contribution in [-0.2, 0) is 23.5 Å². The lowest BCUT2D eigenvalue weighted by Gasteiger charge is -2.08. The average Bonchev–Trinajstić information content (AvgIpc) is 2.76. The molecule has 2 aromatic rings. The van der Waals surface area contributed by atoms with Gasteiger partial charge in [-0.3, -0.25) is 4.68 Å². The van der Waals surface area contributed by atoms with Crippen LogP contribution in [0.25, 0.3) is 0 Å². The van der Waals surface area contributed by atoms with Crippen LogP contribution in [0.15, 0.2) is 40.0 Å². The molecular formula is C12H14BrN3O3S. The minimum Gasteiger partial charge on any atom is -0.492 e. The summed E-state index contributed by atoms with van der Waals surface area (Å²) in [5.74, 6) is 0.571. The second kappa shape index (κ2) is 5.94. The number of sulfonamides is 1. The fourth-order valence-corrected chi connectivity index (χ4v) is 2.84. The van der Waals surface area contributed by atoms with E-state index in [4.69, 9.17) is 9.88 Å². The molecule has 0 saturated carbocycles. The quantitative estimate of drug-likeness (QED) is 0.874. The molecule has 2 N–H and O–H groups in total. The van der Waals surface area contributed by atoms with Gasteiger partial charge in [-0.05, 0) is 39.7 Å². The molecule has 0 unspecified atom stereocenters. The molecule has 0 radical (unpaired) electrons. The molecule has 0 aliphatic rings. The molecule has 2 rings (SSSR count). The predicted octanol–water partition coefficient (Wildman–Crippen LogP) is 1.45. The highest BCUT2D eigenvalue weighted by atomic mass is 79.9. The van der Waals surface area contributed by atoms with Crippen LogP contribution in [0.2, 0.25) is 0 Å². The van der Waals surface area contributed by atoms with Crippen LogP contribution in [0.4, 0.5) is 0 Å². The lowest BCUT2D eigenvalue weighted by Crippen LogP contribution is -2.12. The van der Waals surface area contributed by atoms with Gasteiger partial charge in [-0.25, -0.2) is 13.6 Å². The molecule has 0 atom stereocenters. The number of hydrogen-bond acceptors (Lipinski definition) is 4. The van der Waals surface area contributed by atoms with Crippen molar-refractivity contribution in [3.8, 4) is 5.75 Å². The topological polar surface area (TPSA) is 87.2 Å². The summed E-state index contributed by atoms with van der Waals surface area (Å²) in [6.45, 7) is 0.471. The van der Waals surface area contributed by atoms with Gasteiger partial charge in [-0.1, -0.05) is 0 Å². The number of aryl methyl sites for hydroxylation is 1. The van der Waals surface area contributed by atoms with E-state index >= 15 is 0 Å². The van der Waals surface area contributed by atoms with E-state index in [9.17, 15) is 8.42 Å². The Bertz CT molecular complexity index is 712. The third kappa shape index (κ3) is 3.81. The van der Waals surface area contributed by atoms with Crippen molar-refractivity contribution in [2.24, 2.45) is 12.2 Å². The number of halogens is 1. The van der Waals surface area contributed by atoms with Gasteiger partial charge < -0.3 is 4.74 Å². The summed E-state index contributed by atoms with van der Waals surface area (Å²) in [5, 5.41) is 9.13. The third-order valence-electron chi connectivity index (χ3n) is 2.64. The van der Waals surface area contributed by atoms with Crippen molar-refractivity contribution >= 4 is 26.0 Å². The van der Waals surface area contributed by atoms with Gasteiger partial charge in [0.2, 0.25) is 10.0 Å². The van der Waals surface area contributed by atoms with Gasteiger partial charge in [-0.2, -0.15) is 5.10 Å². The Labute approximate surface area is 125 Å². The van der Waals surface area contributed by atoms with Crippen molar-refractivity contribution < 1.29 is 13.2 Å². The van der Waals surface area contributed by atoms with Crippen LogP contribution >= 0.6 is 15.9 Å². The summed E-state index contributed by atoms with van der Waals surface area (Å²) in [5.41, 5.74) is 1.07. The molecule has 0 saturated heterocycles. The number of primary sulfonamides is 1. The number of rotatable bonds is 5. The normalized spacial score (nSPS) is 11.6. The largest absolute Gasteiger partial charge is 0.492 e. The molecule has 6 nitrogen and oxygen atoms in total. The highest BCUT2D eigenvalue weighted by Gasteiger charge is 2.11. The highest BCUT2D eigenvalue weighted by Crippen LogP contribution is 2.27. The van der Waals surface area contributed by atoms with Crippen molar-refractivity contribution in [3.05, 3.63) is 40.6 Å². The third-order valence-corrected chi connectivity index (χ3v) is 4.17. The summed E-state index contributed by atoms with van der Waals surface area (Å²) in [6, 6.07) is 4.42. The molecule has 8 heteroatoms. The van der Waals surface area contributed by atoms with Gasteiger partial charge in [0.25, 0.3) is 0 Å². The SMILES string of the molecule is Cn1cc(CCOc2ccc(S(N)(=O)=O)cc2Br)cn1. The van der Waals surface area contributed by atoms with Gasteiger partial charge in [-0.15, -0.1) is 0 Å². The van der Waals surface area contributed by atoms with E-state index in [-0.39, 0.29) is 4.90 Å². The van der Waals surface area contributed by atoms with Crippen LogP contribution in [0.1, 0.15) is 5.56 Å². The fourth-order valence-electron chi connectivity index (χ4n) is 1.66. The van der Waals surface area contributed by atoms with Crippen LogP contribution in [0.3, 0.4) is 0 Å². The van der Waals surface area contributed by atoms with Crippen LogP contribution in [0, 0.1) is 0 Å². The molecule has 0 aliphatic heterocycles. The lowest BCUT2D eigenvalue weighted by atomic mass is 10.3. The van der Waals surface area contributed by atoms with Crippen LogP contribution in [-0.4, -0.2) is 24.8 Å². The number of nitrogens with two attached hydrogens (primary N) is 1. The molecule has 0 spiro atoms. The first-order valence-electron chi connectivity index (χ1n) is 5.79. The predicted molar refractivity (Wildman–Crippen MR) is 77.9 cm³/mol. The minimum absolute atomic E-state index is 0.0454. The van der Waals surface area contributed by atoms with Gasteiger partial charge in [0.15, 0.2) is 0 Å². The molecule has 108 valence electrons. The van der Waals surface area contributed by atoms with Crippen LogP contribution in [0.5, 0.6) is 5.75 Å². The maximum atomic E-state index is 11.2. The number of benzene rings is 1. The zero-order chi connectivity index (χ0) is 14.8. The zero-order valence-corrected chi connectivity index (χ0v) is 13.2. The standard InChI is InChI=1S/C12H14BrN3O3S/c1-16-8-9(7-15-16)4-5-19-12-3-2-10(6-11(12)13)20(14,17)18/h2-3,6-8H,4-5H2,1H3,(H2,14,17,18). The maximum absolute atomic E-state index is 11.2. The van der Waals surface area contributed by atoms with Gasteiger partial charge >= 0.3 is 0 Å². The van der Waals surface area contributed by atoms with Gasteiger partial charge in [0.1, 0.15) is 5.75 Å². The molecule has 1 aromatic heterocycles. The first-order chi connectivity index (χ1) is 9.36. The molecule has 1 aromatic carbocycles. The molecule has 0 amide bonds. The summed E-state index contributed by atoms with van der Waals surface area (Å²) in [4.78, 5) is 0.0454. The van der Waals surface area contributed by atoms with E-state index in [1.165, 1.54) is 12.1 Å². The first kappa shape index (κ1) is 15.0. The molecule has 0 aliphatic carbocycles. The Morgan fingerprint density at radius 2 is 2.20 bits per heavy atom. The van der Waals surface area contributed by atoms with E-state index in [0.29, 0.717) is 16.8 Å². The van der Waals surface area contributed by atoms with Crippen molar-refractivity contribution in [1.82, 2.24) is 9.78 Å². The fraction of sp³-hybridized carbons (Fsp3) is 0.250. The maximum Gasteiger partial charge on any atom is 0.238 e. The number of aromatic nitrogens is 2. The number of nitrogens with zero attached hydrogens (tertiary/aromatic N) is 2. The second-order valence-corrected chi connectivity index (χ2v) is 6.67. The zero-order valence-electron chi connectivity index (χ0n) is 10.8. The van der Waals surface area contributed by atoms with E-state index in [1.807, 2.05) is 13.2 Å². The summed E-state index contributed by atoms with van der Waals surface area (Å²) >= 11 is 3.27. The summed E-state index contributed by atoms with van der Waals surface area (Å²) in [6.07, 6.45) is 4.42. The minimum atomic E-state index is -3.70. The highest BCUT2D eigenvalue weighted by molar-refractivity contribution is 9.10. The van der Waals surface area contributed by atoms with E-state index in [1.54, 1.807) is 16.9 Å². The van der Waals surface area contributed by atoms with Gasteiger partial charge in [0.05, 0.1) is 22.2 Å². The Morgan fingerprint density at radius 3 is 2.75 bits per heavy atom. The molecule has 20 heavy (non-hydrogen) atoms. The van der Waals surface area contributed by atoms with Crippen molar-refractivity contribution in [2.45, 2.75) is 11.3 Å². The van der Waals surface area contributed by atoms with Crippen LogP contribution < -0.4 is 9.88 Å². The second-order valence-electron chi connectivity index (χ2n) is 4.26. The number of hydrogen-bond donors (Lipinski definition) is 1. The van der Waals surface area contributed by atoms with E-state index in [2.05, 4.69) is 21.0 Å². The van der Waals surface area contributed by atoms with Crippen molar-refractivity contribution in [2.75, 3.05) is 6.61 Å². The van der Waals surface area contributed by atoms with E-state index in [0.717, 1.165) is 12.0 Å². The molecular weight excluding hydrogens is 346 g/mol. The molecule has 0 fully saturated rings. The Morgan fingerprint density at radius 1 is 1.45 bits per heavy atom. The smallest absolute Gasteiger partial charge is 0.238 e. The number of ether oxygens (including phenoxy) is 1. The Balaban J connectivity index is 2.00. The average molecular weight is 360 g/mol. The van der Waals surface area contributed by atoms with E-state index < -0.39 is 10.0 Å². The summed E-state index contributed by atoms with van der Waals surface area (Å²) in [7, 11) is -1.85. The Hall–Kier alpha value is -1.38.